The highest BCUT2D eigenvalue weighted by molar-refractivity contribution is 5.93. The lowest BCUT2D eigenvalue weighted by Crippen LogP contribution is -2.42. The van der Waals surface area contributed by atoms with Crippen LogP contribution >= 0.6 is 0 Å². The van der Waals surface area contributed by atoms with Crippen LogP contribution in [0.1, 0.15) is 201 Å². The molecule has 8 bridgehead atoms. The van der Waals surface area contributed by atoms with E-state index in [9.17, 15) is 19.2 Å². The molecule has 0 unspecified atom stereocenters. The molecule has 0 atom stereocenters. The Labute approximate surface area is 564 Å². The van der Waals surface area contributed by atoms with E-state index < -0.39 is 24.1 Å². The van der Waals surface area contributed by atoms with Crippen LogP contribution < -0.4 is 84.4 Å². The average molecular weight is 1320 g/mol. The van der Waals surface area contributed by atoms with Crippen LogP contribution in [0.3, 0.4) is 0 Å². The number of hydrogen-bond donors (Lipinski definition) is 12. The van der Waals surface area contributed by atoms with E-state index in [1.165, 1.54) is 0 Å². The van der Waals surface area contributed by atoms with Crippen molar-refractivity contribution in [1.29, 1.82) is 0 Å². The fraction of sp³-hybridized carbons (Fsp3) is 0.514. The third-order valence-corrected chi connectivity index (χ3v) is 15.8. The largest absolute Gasteiger partial charge is 0.493 e. The minimum atomic E-state index is -0.870. The van der Waals surface area contributed by atoms with Gasteiger partial charge in [-0.25, -0.2) is 19.2 Å². The zero-order chi connectivity index (χ0) is 68.3. The number of nitrogens with one attached hydrogen (secondary N) is 8. The summed E-state index contributed by atoms with van der Waals surface area (Å²) in [6, 6.07) is 18.3. The van der Waals surface area contributed by atoms with Gasteiger partial charge in [-0.1, -0.05) is 141 Å². The second-order valence-electron chi connectivity index (χ2n) is 24.1. The van der Waals surface area contributed by atoms with Crippen molar-refractivity contribution < 1.29 is 38.1 Å². The second kappa shape index (κ2) is 40.6. The molecular weight excluding hydrogens is 1220 g/mol. The number of fused-ring (bicyclic) bond motifs is 8. The van der Waals surface area contributed by atoms with Gasteiger partial charge in [-0.2, -0.15) is 29.9 Å². The van der Waals surface area contributed by atoms with Crippen molar-refractivity contribution in [3.8, 4) is 23.0 Å². The molecule has 0 saturated heterocycles. The molecule has 1 aliphatic rings. The number of benzene rings is 4. The number of primary amides is 2. The van der Waals surface area contributed by atoms with Gasteiger partial charge < -0.3 is 73.8 Å². The van der Waals surface area contributed by atoms with Gasteiger partial charge in [-0.05, 0) is 97.9 Å². The number of hydrogen-bond acceptors (Lipinski definition) is 20. The van der Waals surface area contributed by atoms with Crippen LogP contribution in [0.4, 0.5) is 66.2 Å². The van der Waals surface area contributed by atoms with Gasteiger partial charge in [0.05, 0.1) is 26.4 Å². The van der Waals surface area contributed by atoms with Crippen LogP contribution in [0.15, 0.2) is 60.7 Å². The molecule has 6 aromatic rings. The summed E-state index contributed by atoms with van der Waals surface area (Å²) in [6.07, 6.45) is 21.3. The molecule has 1 aliphatic carbocycles. The van der Waals surface area contributed by atoms with E-state index in [4.69, 9.17) is 51.9 Å². The molecule has 2 aromatic heterocycles. The van der Waals surface area contributed by atoms with Gasteiger partial charge in [0.25, 0.3) is 0 Å². The van der Waals surface area contributed by atoms with E-state index in [2.05, 4.69) is 140 Å². The molecular formula is C70H102N18O8. The molecule has 26 heteroatoms. The van der Waals surface area contributed by atoms with E-state index in [1.807, 2.05) is 10.6 Å². The molecule has 0 spiro atoms. The SMILES string of the molecule is CCCOc1c2cccc1Cc1cc(Nc3nc(N)nc(NCCCCCCCCCCNC(=O)NC(N)=O)n3)cc(c1OCCC)Cc1cccc(c1OCCC)Cc1cc(Nc3nc(N)nc(NCCCCCCCCCCNC(=O)NC(N)=O)n3)cc(c1OCCC)C2. The van der Waals surface area contributed by atoms with Gasteiger partial charge in [-0.15, -0.1) is 0 Å². The highest BCUT2D eigenvalue weighted by Crippen LogP contribution is 2.42. The number of anilines is 8. The number of unbranched alkanes of at least 4 members (excludes halogenated alkanes) is 14. The number of nitrogens with two attached hydrogens (primary N) is 4. The molecule has 0 aliphatic heterocycles. The van der Waals surface area contributed by atoms with E-state index >= 15 is 0 Å². The summed E-state index contributed by atoms with van der Waals surface area (Å²) in [5.41, 5.74) is 32.0. The normalized spacial score (nSPS) is 11.6. The molecule has 2 heterocycles. The Kier molecular flexibility index (Phi) is 31.2. The summed E-state index contributed by atoms with van der Waals surface area (Å²) < 4.78 is 27.5. The first kappa shape index (κ1) is 73.8. The van der Waals surface area contributed by atoms with Crippen molar-refractivity contribution in [3.63, 3.8) is 0 Å². The Balaban J connectivity index is 1.13. The number of imide groups is 2. The van der Waals surface area contributed by atoms with Gasteiger partial charge in [0.15, 0.2) is 0 Å². The van der Waals surface area contributed by atoms with E-state index in [1.54, 1.807) is 0 Å². The van der Waals surface area contributed by atoms with Gasteiger partial charge in [0, 0.05) is 85.5 Å². The Morgan fingerprint density at radius 3 is 0.938 bits per heavy atom. The van der Waals surface area contributed by atoms with Gasteiger partial charge >= 0.3 is 24.1 Å². The topological polar surface area (TPSA) is 383 Å². The third-order valence-electron chi connectivity index (χ3n) is 15.8. The second-order valence-corrected chi connectivity index (χ2v) is 24.1. The first-order valence-electron chi connectivity index (χ1n) is 34.5. The number of nitrogens with zero attached hydrogens (tertiary/aromatic N) is 6. The molecule has 4 aromatic carbocycles. The maximum Gasteiger partial charge on any atom is 0.322 e. The van der Waals surface area contributed by atoms with Crippen molar-refractivity contribution in [2.45, 2.75) is 182 Å². The first-order valence-corrected chi connectivity index (χ1v) is 34.5. The van der Waals surface area contributed by atoms with E-state index in [-0.39, 0.29) is 11.9 Å². The molecule has 16 N–H and O–H groups in total. The number of para-hydroxylation sites is 2. The number of ether oxygens (including phenoxy) is 4. The summed E-state index contributed by atoms with van der Waals surface area (Å²) in [5.74, 6) is 4.71. The number of amides is 8. The van der Waals surface area contributed by atoms with Crippen LogP contribution in [0.5, 0.6) is 23.0 Å². The van der Waals surface area contributed by atoms with Crippen LogP contribution in [-0.4, -0.2) is 107 Å². The number of aromatic nitrogens is 6. The van der Waals surface area contributed by atoms with Crippen molar-refractivity contribution in [2.75, 3.05) is 85.3 Å². The summed E-state index contributed by atoms with van der Waals surface area (Å²) >= 11 is 0. The fourth-order valence-corrected chi connectivity index (χ4v) is 11.4. The Bertz CT molecular complexity index is 3130. The van der Waals surface area contributed by atoms with Crippen LogP contribution in [0.2, 0.25) is 0 Å². The fourth-order valence-electron chi connectivity index (χ4n) is 11.4. The molecule has 0 fully saturated rings. The maximum atomic E-state index is 11.5. The lowest BCUT2D eigenvalue weighted by atomic mass is 9.90. The number of carbonyl (C=O) groups is 4. The van der Waals surface area contributed by atoms with Gasteiger partial charge in [0.1, 0.15) is 23.0 Å². The zero-order valence-electron chi connectivity index (χ0n) is 56.7. The van der Waals surface area contributed by atoms with E-state index in [0.29, 0.717) is 102 Å². The summed E-state index contributed by atoms with van der Waals surface area (Å²) in [5, 5.41) is 23.1. The van der Waals surface area contributed by atoms with Crippen molar-refractivity contribution in [2.24, 2.45) is 11.5 Å². The summed E-state index contributed by atoms with van der Waals surface area (Å²) in [6.45, 7) is 12.8. The minimum absolute atomic E-state index is 0.0850. The molecule has 520 valence electrons. The number of carbonyl (C=O) groups excluding carboxylic acids is 4. The summed E-state index contributed by atoms with van der Waals surface area (Å²) in [7, 11) is 0. The van der Waals surface area contributed by atoms with Crippen molar-refractivity contribution in [3.05, 3.63) is 105 Å². The molecule has 8 amide bonds. The summed E-state index contributed by atoms with van der Waals surface area (Å²) in [4.78, 5) is 72.4. The molecule has 7 rings (SSSR count). The predicted molar refractivity (Wildman–Crippen MR) is 378 cm³/mol. The zero-order valence-corrected chi connectivity index (χ0v) is 56.7. The molecule has 96 heavy (non-hydrogen) atoms. The van der Waals surface area contributed by atoms with Crippen LogP contribution in [0, 0.1) is 0 Å². The Morgan fingerprint density at radius 1 is 0.375 bits per heavy atom. The van der Waals surface area contributed by atoms with Crippen LogP contribution in [-0.2, 0) is 25.7 Å². The molecule has 0 radical (unpaired) electrons. The molecule has 0 saturated carbocycles. The van der Waals surface area contributed by atoms with Crippen molar-refractivity contribution >= 4 is 71.2 Å². The third kappa shape index (κ3) is 25.3. The number of urea groups is 4. The number of nitrogen functional groups attached to an aromatic ring is 2. The lowest BCUT2D eigenvalue weighted by Gasteiger charge is -2.24. The van der Waals surface area contributed by atoms with E-state index in [0.717, 1.165) is 207 Å². The minimum Gasteiger partial charge on any atom is -0.493 e. The molecule has 26 nitrogen and oxygen atoms in total. The van der Waals surface area contributed by atoms with Crippen LogP contribution in [0.25, 0.3) is 0 Å². The monoisotopic (exact) mass is 1320 g/mol. The number of rotatable bonds is 40. The first-order chi connectivity index (χ1) is 46.7. The predicted octanol–water partition coefficient (Wildman–Crippen LogP) is 12.4. The van der Waals surface area contributed by atoms with Gasteiger partial charge in [-0.3, -0.25) is 10.6 Å². The average Bonchev–Trinajstić information content (AvgIpc) is 0.784. The smallest absolute Gasteiger partial charge is 0.322 e. The Hall–Kier alpha value is -9.62. The quantitative estimate of drug-likeness (QED) is 0.0159. The highest BCUT2D eigenvalue weighted by atomic mass is 16.5. The van der Waals surface area contributed by atoms with Crippen molar-refractivity contribution in [1.82, 2.24) is 51.2 Å². The highest BCUT2D eigenvalue weighted by Gasteiger charge is 2.25. The Morgan fingerprint density at radius 2 is 0.646 bits per heavy atom. The maximum absolute atomic E-state index is 11.5. The standard InChI is InChI=1S/C70H102N18O8/c1-5-35-93-57-47-27-25-28-48(57)40-52-44-56(80-68-84-62(72)82-66(88-68)76-32-22-18-14-10-12-16-20-24-34-78-70(92)86-64(74)90)46-54(60(52)96-38-8-4)42-50-30-26-29-49(58(50)94-36-6-2)41-53-45-55(43-51(39-47)59(53)95-37-7-3)79-67-83-61(71)81-65(87-67)75-31-21-17-13-9-11-15-19-23-33-77-69(91)85-63(73)89/h25-30,43-46H,5-24,31-42H2,1-4H3,(H4,73,77,85,89,91)(H4,74,78,86,90,92)(H4,71,75,79,81,83,87)(H4,72,76,80,82,84,88). The lowest BCUT2D eigenvalue weighted by molar-refractivity contribution is 0.229. The van der Waals surface area contributed by atoms with Gasteiger partial charge in [0.2, 0.25) is 35.7 Å².